The second-order valence-corrected chi connectivity index (χ2v) is 8.15. The van der Waals surface area contributed by atoms with Crippen molar-refractivity contribution in [1.82, 2.24) is 10.6 Å². The molecule has 5 atom stereocenters. The summed E-state index contributed by atoms with van der Waals surface area (Å²) in [4.78, 5) is 11.6. The molecule has 7 nitrogen and oxygen atoms in total. The van der Waals surface area contributed by atoms with Gasteiger partial charge in [-0.05, 0) is 44.4 Å². The SMILES string of the molecule is CC(=O)N[C@@H](Cc1cc(F)cc(F)c1)[C@@H](O)[C@H]1C[C@@H](OCC(O)C(C)(C)O)CN1. The molecular weight excluding hydrogens is 386 g/mol. The van der Waals surface area contributed by atoms with E-state index in [1.807, 2.05) is 0 Å². The largest absolute Gasteiger partial charge is 0.389 e. The van der Waals surface area contributed by atoms with E-state index >= 15 is 0 Å². The predicted molar refractivity (Wildman–Crippen MR) is 102 cm³/mol. The Morgan fingerprint density at radius 1 is 1.31 bits per heavy atom. The fourth-order valence-electron chi connectivity index (χ4n) is 3.33. The number of ether oxygens (including phenoxy) is 1. The maximum absolute atomic E-state index is 13.5. The van der Waals surface area contributed by atoms with Gasteiger partial charge in [-0.2, -0.15) is 0 Å². The van der Waals surface area contributed by atoms with E-state index in [-0.39, 0.29) is 25.0 Å². The van der Waals surface area contributed by atoms with E-state index in [2.05, 4.69) is 10.6 Å². The molecule has 1 amide bonds. The molecule has 0 bridgehead atoms. The Kier molecular flexibility index (Phi) is 8.07. The van der Waals surface area contributed by atoms with E-state index in [1.165, 1.54) is 20.8 Å². The average molecular weight is 416 g/mol. The van der Waals surface area contributed by atoms with Crippen LogP contribution in [0.5, 0.6) is 0 Å². The lowest BCUT2D eigenvalue weighted by Gasteiger charge is -2.28. The van der Waals surface area contributed by atoms with Crippen molar-refractivity contribution in [2.75, 3.05) is 13.2 Å². The Bertz CT molecular complexity index is 678. The summed E-state index contributed by atoms with van der Waals surface area (Å²) in [6.07, 6.45) is -1.92. The number of carbonyl (C=O) groups is 1. The maximum atomic E-state index is 13.5. The molecule has 0 radical (unpaired) electrons. The first kappa shape index (κ1) is 23.6. The van der Waals surface area contributed by atoms with E-state index in [9.17, 15) is 28.9 Å². The smallest absolute Gasteiger partial charge is 0.217 e. The van der Waals surface area contributed by atoms with Gasteiger partial charge in [-0.25, -0.2) is 8.78 Å². The van der Waals surface area contributed by atoms with Gasteiger partial charge in [0.2, 0.25) is 5.91 Å². The molecule has 5 N–H and O–H groups in total. The van der Waals surface area contributed by atoms with Gasteiger partial charge >= 0.3 is 0 Å². The molecular formula is C20H30F2N2O5. The van der Waals surface area contributed by atoms with Crippen molar-refractivity contribution in [3.63, 3.8) is 0 Å². The zero-order valence-electron chi connectivity index (χ0n) is 16.9. The molecule has 1 fully saturated rings. The number of aliphatic hydroxyl groups excluding tert-OH is 2. The first-order valence-corrected chi connectivity index (χ1v) is 9.61. The lowest BCUT2D eigenvalue weighted by Crippen LogP contribution is -2.51. The van der Waals surface area contributed by atoms with E-state index < -0.39 is 41.5 Å². The second kappa shape index (κ2) is 9.90. The zero-order valence-corrected chi connectivity index (χ0v) is 16.9. The molecule has 0 spiro atoms. The van der Waals surface area contributed by atoms with Crippen LogP contribution in [0.15, 0.2) is 18.2 Å². The topological polar surface area (TPSA) is 111 Å². The van der Waals surface area contributed by atoms with Gasteiger partial charge in [0.05, 0.1) is 30.5 Å². The van der Waals surface area contributed by atoms with E-state index in [0.29, 0.717) is 18.5 Å². The van der Waals surface area contributed by atoms with Crippen LogP contribution in [0.2, 0.25) is 0 Å². The lowest BCUT2D eigenvalue weighted by molar-refractivity contribution is -0.120. The average Bonchev–Trinajstić information content (AvgIpc) is 3.05. The van der Waals surface area contributed by atoms with Crippen LogP contribution in [0.1, 0.15) is 32.8 Å². The van der Waals surface area contributed by atoms with Crippen molar-refractivity contribution in [2.24, 2.45) is 0 Å². The minimum Gasteiger partial charge on any atom is -0.389 e. The Labute approximate surface area is 169 Å². The van der Waals surface area contributed by atoms with Gasteiger partial charge in [0.25, 0.3) is 0 Å². The van der Waals surface area contributed by atoms with Gasteiger partial charge in [-0.3, -0.25) is 4.79 Å². The van der Waals surface area contributed by atoms with E-state index in [1.54, 1.807) is 0 Å². The second-order valence-electron chi connectivity index (χ2n) is 8.15. The number of nitrogens with one attached hydrogen (secondary N) is 2. The maximum Gasteiger partial charge on any atom is 0.217 e. The Balaban J connectivity index is 1.98. The molecule has 1 saturated heterocycles. The summed E-state index contributed by atoms with van der Waals surface area (Å²) in [5, 5.41) is 36.1. The molecule has 1 unspecified atom stereocenters. The highest BCUT2D eigenvalue weighted by Crippen LogP contribution is 2.20. The number of carbonyl (C=O) groups excluding carboxylic acids is 1. The highest BCUT2D eigenvalue weighted by Gasteiger charge is 2.36. The van der Waals surface area contributed by atoms with Gasteiger partial charge < -0.3 is 30.7 Å². The molecule has 0 aliphatic carbocycles. The molecule has 2 rings (SSSR count). The van der Waals surface area contributed by atoms with Crippen molar-refractivity contribution in [3.8, 4) is 0 Å². The van der Waals surface area contributed by atoms with Crippen LogP contribution >= 0.6 is 0 Å². The van der Waals surface area contributed by atoms with Crippen LogP contribution in [0.25, 0.3) is 0 Å². The molecule has 1 aromatic rings. The van der Waals surface area contributed by atoms with Gasteiger partial charge in [0, 0.05) is 25.6 Å². The molecule has 164 valence electrons. The molecule has 1 heterocycles. The zero-order chi connectivity index (χ0) is 21.8. The summed E-state index contributed by atoms with van der Waals surface area (Å²) >= 11 is 0. The van der Waals surface area contributed by atoms with Crippen LogP contribution in [-0.4, -0.2) is 70.4 Å². The standard InChI is InChI=1S/C20H30F2N2O5/c1-11(25)24-17(6-12-4-13(21)7-14(22)5-12)19(27)16-8-15(9-23-16)29-10-18(26)20(2,3)28/h4-5,7,15-19,23,26-28H,6,8-10H2,1-3H3,(H,24,25)/t15-,16-,17+,18?,19+/m1/s1. The molecule has 1 aliphatic heterocycles. The predicted octanol–water partition coefficient (Wildman–Crippen LogP) is 0.252. The highest BCUT2D eigenvalue weighted by molar-refractivity contribution is 5.73. The fourth-order valence-corrected chi connectivity index (χ4v) is 3.33. The van der Waals surface area contributed by atoms with Crippen molar-refractivity contribution in [3.05, 3.63) is 35.4 Å². The molecule has 0 aromatic heterocycles. The Morgan fingerprint density at radius 3 is 2.48 bits per heavy atom. The molecule has 0 saturated carbocycles. The first-order valence-electron chi connectivity index (χ1n) is 9.61. The number of hydrogen-bond donors (Lipinski definition) is 5. The summed E-state index contributed by atoms with van der Waals surface area (Å²) in [5.74, 6) is -1.83. The quantitative estimate of drug-likeness (QED) is 0.395. The molecule has 9 heteroatoms. The number of rotatable bonds is 9. The number of halogens is 2. The van der Waals surface area contributed by atoms with Gasteiger partial charge in [-0.1, -0.05) is 0 Å². The highest BCUT2D eigenvalue weighted by atomic mass is 19.1. The van der Waals surface area contributed by atoms with Crippen molar-refractivity contribution in [1.29, 1.82) is 0 Å². The summed E-state index contributed by atoms with van der Waals surface area (Å²) in [7, 11) is 0. The third-order valence-corrected chi connectivity index (χ3v) is 5.02. The molecule has 1 aliphatic rings. The Hall–Kier alpha value is -1.65. The number of hydrogen-bond acceptors (Lipinski definition) is 6. The Morgan fingerprint density at radius 2 is 1.93 bits per heavy atom. The summed E-state index contributed by atoms with van der Waals surface area (Å²) in [6.45, 7) is 4.62. The fraction of sp³-hybridized carbons (Fsp3) is 0.650. The normalized spacial score (nSPS) is 22.9. The number of benzene rings is 1. The third-order valence-electron chi connectivity index (χ3n) is 5.02. The van der Waals surface area contributed by atoms with Crippen LogP contribution in [0, 0.1) is 11.6 Å². The van der Waals surface area contributed by atoms with Crippen molar-refractivity contribution >= 4 is 5.91 Å². The molecule has 29 heavy (non-hydrogen) atoms. The van der Waals surface area contributed by atoms with Crippen LogP contribution < -0.4 is 10.6 Å². The van der Waals surface area contributed by atoms with Crippen LogP contribution in [-0.2, 0) is 16.0 Å². The van der Waals surface area contributed by atoms with E-state index in [4.69, 9.17) is 4.74 Å². The third kappa shape index (κ3) is 7.27. The monoisotopic (exact) mass is 416 g/mol. The summed E-state index contributed by atoms with van der Waals surface area (Å²) in [5.41, 5.74) is -0.971. The van der Waals surface area contributed by atoms with Crippen LogP contribution in [0.3, 0.4) is 0 Å². The lowest BCUT2D eigenvalue weighted by atomic mass is 9.95. The van der Waals surface area contributed by atoms with Gasteiger partial charge in [0.1, 0.15) is 17.7 Å². The number of aliphatic hydroxyl groups is 3. The van der Waals surface area contributed by atoms with Gasteiger partial charge in [0.15, 0.2) is 0 Å². The first-order chi connectivity index (χ1) is 13.5. The van der Waals surface area contributed by atoms with Crippen molar-refractivity contribution < 1.29 is 33.6 Å². The van der Waals surface area contributed by atoms with Crippen LogP contribution in [0.4, 0.5) is 8.78 Å². The minimum absolute atomic E-state index is 0.0521. The van der Waals surface area contributed by atoms with E-state index in [0.717, 1.165) is 18.2 Å². The summed E-state index contributed by atoms with van der Waals surface area (Å²) < 4.78 is 32.6. The van der Waals surface area contributed by atoms with Crippen molar-refractivity contribution in [2.45, 2.75) is 69.6 Å². The number of amides is 1. The van der Waals surface area contributed by atoms with Gasteiger partial charge in [-0.15, -0.1) is 0 Å². The minimum atomic E-state index is -1.29. The summed E-state index contributed by atoms with van der Waals surface area (Å²) in [6, 6.07) is 1.91. The molecule has 1 aromatic carbocycles.